The van der Waals surface area contributed by atoms with Crippen molar-refractivity contribution in [1.82, 2.24) is 4.31 Å². The third-order valence-corrected chi connectivity index (χ3v) is 8.11. The Labute approximate surface area is 213 Å². The zero-order valence-electron chi connectivity index (χ0n) is 21.1. The number of nitrogens with zero attached hydrogens (tertiary/aromatic N) is 2. The summed E-state index contributed by atoms with van der Waals surface area (Å²) in [6.07, 6.45) is 0.531. The van der Waals surface area contributed by atoms with Gasteiger partial charge in [-0.05, 0) is 64.7 Å². The number of benzene rings is 4. The quantitative estimate of drug-likeness (QED) is 0.291. The molecule has 0 aliphatic heterocycles. The van der Waals surface area contributed by atoms with Gasteiger partial charge in [0.25, 0.3) is 0 Å². The third kappa shape index (κ3) is 5.64. The molecule has 0 atom stereocenters. The summed E-state index contributed by atoms with van der Waals surface area (Å²) in [5.41, 5.74) is 2.96. The minimum Gasteiger partial charge on any atom is -0.493 e. The van der Waals surface area contributed by atoms with E-state index in [1.807, 2.05) is 91.8 Å². The Morgan fingerprint density at radius 1 is 0.722 bits per heavy atom. The fourth-order valence-electron chi connectivity index (χ4n) is 4.15. The maximum Gasteiger partial charge on any atom is 0.243 e. The molecule has 0 N–H and O–H groups in total. The fraction of sp³-hybridized carbons (Fsp3) is 0.241. The average Bonchev–Trinajstić information content (AvgIpc) is 2.90. The van der Waals surface area contributed by atoms with Crippen LogP contribution in [0.15, 0.2) is 89.8 Å². The first-order chi connectivity index (χ1) is 17.3. The summed E-state index contributed by atoms with van der Waals surface area (Å²) < 4.78 is 40.1. The second-order valence-corrected chi connectivity index (χ2v) is 10.8. The molecule has 36 heavy (non-hydrogen) atoms. The molecule has 4 aromatic carbocycles. The van der Waals surface area contributed by atoms with Crippen molar-refractivity contribution >= 4 is 26.5 Å². The van der Waals surface area contributed by atoms with Crippen molar-refractivity contribution in [2.45, 2.75) is 17.9 Å². The Hall–Kier alpha value is -3.55. The van der Waals surface area contributed by atoms with Crippen molar-refractivity contribution in [3.8, 4) is 11.5 Å². The minimum atomic E-state index is -3.75. The molecule has 0 fully saturated rings. The molecule has 6 nitrogen and oxygen atoms in total. The number of methoxy groups -OCH3 is 2. The molecular formula is C29H32N2O4S. The predicted octanol–water partition coefficient (Wildman–Crippen LogP) is 5.36. The van der Waals surface area contributed by atoms with Crippen LogP contribution < -0.4 is 14.4 Å². The van der Waals surface area contributed by atoms with Crippen molar-refractivity contribution in [2.75, 3.05) is 39.8 Å². The number of sulfonamides is 1. The summed E-state index contributed by atoms with van der Waals surface area (Å²) in [4.78, 5) is 2.31. The van der Waals surface area contributed by atoms with Crippen molar-refractivity contribution in [1.29, 1.82) is 0 Å². The van der Waals surface area contributed by atoms with Gasteiger partial charge in [0.05, 0.1) is 19.1 Å². The average molecular weight is 505 g/mol. The van der Waals surface area contributed by atoms with Crippen LogP contribution in [0.5, 0.6) is 11.5 Å². The first-order valence-electron chi connectivity index (χ1n) is 11.8. The molecule has 7 heteroatoms. The number of rotatable bonds is 10. The van der Waals surface area contributed by atoms with E-state index in [1.165, 1.54) is 0 Å². The highest BCUT2D eigenvalue weighted by atomic mass is 32.2. The Morgan fingerprint density at radius 2 is 1.39 bits per heavy atom. The zero-order chi connectivity index (χ0) is 25.7. The van der Waals surface area contributed by atoms with Crippen molar-refractivity contribution in [3.63, 3.8) is 0 Å². The van der Waals surface area contributed by atoms with Crippen molar-refractivity contribution in [3.05, 3.63) is 96.1 Å². The van der Waals surface area contributed by atoms with E-state index in [1.54, 1.807) is 30.7 Å². The van der Waals surface area contributed by atoms with Crippen LogP contribution in [0.4, 0.5) is 5.69 Å². The van der Waals surface area contributed by atoms with Crippen LogP contribution in [0.25, 0.3) is 10.8 Å². The maximum atomic E-state index is 13.9. The highest BCUT2D eigenvalue weighted by Gasteiger charge is 2.25. The number of hydrogen-bond donors (Lipinski definition) is 0. The molecule has 0 radical (unpaired) electrons. The highest BCUT2D eigenvalue weighted by Crippen LogP contribution is 2.29. The Morgan fingerprint density at radius 3 is 2.06 bits per heavy atom. The first kappa shape index (κ1) is 25.5. The van der Waals surface area contributed by atoms with Gasteiger partial charge in [-0.3, -0.25) is 0 Å². The Balaban J connectivity index is 1.65. The van der Waals surface area contributed by atoms with Crippen LogP contribution in [0.2, 0.25) is 0 Å². The van der Waals surface area contributed by atoms with Crippen LogP contribution in [0, 0.1) is 0 Å². The Kier molecular flexibility index (Phi) is 7.82. The predicted molar refractivity (Wildman–Crippen MR) is 146 cm³/mol. The molecule has 0 aromatic heterocycles. The lowest BCUT2D eigenvalue weighted by atomic mass is 10.1. The molecule has 188 valence electrons. The van der Waals surface area contributed by atoms with E-state index < -0.39 is 10.0 Å². The topological polar surface area (TPSA) is 59.1 Å². The third-order valence-electron chi connectivity index (χ3n) is 6.27. The van der Waals surface area contributed by atoms with Gasteiger partial charge < -0.3 is 14.4 Å². The van der Waals surface area contributed by atoms with E-state index in [2.05, 4.69) is 0 Å². The molecule has 4 aromatic rings. The lowest BCUT2D eigenvalue weighted by Gasteiger charge is -2.23. The van der Waals surface area contributed by atoms with Crippen LogP contribution in [0.1, 0.15) is 11.1 Å². The summed E-state index contributed by atoms with van der Waals surface area (Å²) >= 11 is 0. The van der Waals surface area contributed by atoms with E-state index in [0.717, 1.165) is 27.6 Å². The summed E-state index contributed by atoms with van der Waals surface area (Å²) in [6.45, 7) is 0.593. The molecule has 0 saturated carbocycles. The number of anilines is 1. The lowest BCUT2D eigenvalue weighted by molar-refractivity contribution is 0.354. The normalized spacial score (nSPS) is 11.6. The number of hydrogen-bond acceptors (Lipinski definition) is 5. The van der Waals surface area contributed by atoms with Gasteiger partial charge in [-0.1, -0.05) is 48.5 Å². The molecule has 4 rings (SSSR count). The SMILES string of the molecule is COc1ccc(CCN(Cc2ccc(N(C)C)cc2)S(=O)(=O)c2ccc3ccccc3c2)cc1OC. The van der Waals surface area contributed by atoms with Crippen molar-refractivity contribution in [2.24, 2.45) is 0 Å². The molecule has 0 heterocycles. The van der Waals surface area contributed by atoms with E-state index in [0.29, 0.717) is 29.4 Å². The van der Waals surface area contributed by atoms with Crippen LogP contribution >= 0.6 is 0 Å². The van der Waals surface area contributed by atoms with Gasteiger partial charge in [0.15, 0.2) is 11.5 Å². The Bertz CT molecular complexity index is 1430. The van der Waals surface area contributed by atoms with Gasteiger partial charge in [0, 0.05) is 32.9 Å². The van der Waals surface area contributed by atoms with Gasteiger partial charge in [0.1, 0.15) is 0 Å². The van der Waals surface area contributed by atoms with Gasteiger partial charge in [-0.2, -0.15) is 4.31 Å². The van der Waals surface area contributed by atoms with Crippen LogP contribution in [-0.4, -0.2) is 47.6 Å². The molecule has 0 bridgehead atoms. The summed E-state index contributed by atoms with van der Waals surface area (Å²) in [7, 11) is 3.40. The maximum absolute atomic E-state index is 13.9. The molecule has 0 aliphatic carbocycles. The largest absolute Gasteiger partial charge is 0.493 e. The highest BCUT2D eigenvalue weighted by molar-refractivity contribution is 7.89. The van der Waals surface area contributed by atoms with Gasteiger partial charge in [-0.25, -0.2) is 8.42 Å². The van der Waals surface area contributed by atoms with E-state index >= 15 is 0 Å². The smallest absolute Gasteiger partial charge is 0.243 e. The van der Waals surface area contributed by atoms with Crippen LogP contribution in [0.3, 0.4) is 0 Å². The summed E-state index contributed by atoms with van der Waals surface area (Å²) in [5.74, 6) is 1.26. The van der Waals surface area contributed by atoms with Gasteiger partial charge in [0.2, 0.25) is 10.0 Å². The first-order valence-corrected chi connectivity index (χ1v) is 13.2. The van der Waals surface area contributed by atoms with Crippen molar-refractivity contribution < 1.29 is 17.9 Å². The second-order valence-electron chi connectivity index (χ2n) is 8.85. The zero-order valence-corrected chi connectivity index (χ0v) is 22.0. The number of ether oxygens (including phenoxy) is 2. The molecule has 0 aliphatic rings. The molecule has 0 saturated heterocycles. The molecule has 0 amide bonds. The monoisotopic (exact) mass is 504 g/mol. The molecule has 0 spiro atoms. The van der Waals surface area contributed by atoms with E-state index in [-0.39, 0.29) is 6.54 Å². The minimum absolute atomic E-state index is 0.274. The lowest BCUT2D eigenvalue weighted by Crippen LogP contribution is -2.32. The summed E-state index contributed by atoms with van der Waals surface area (Å²) in [6, 6.07) is 26.7. The summed E-state index contributed by atoms with van der Waals surface area (Å²) in [5, 5.41) is 1.90. The molecule has 0 unspecified atom stereocenters. The van der Waals surface area contributed by atoms with Gasteiger partial charge >= 0.3 is 0 Å². The standard InChI is InChI=1S/C29H32N2O4S/c1-30(2)26-13-9-23(10-14-26)21-31(18-17-22-11-16-28(34-3)29(19-22)35-4)36(32,33)27-15-12-24-7-5-6-8-25(24)20-27/h5-16,19-20H,17-18,21H2,1-4H3. The van der Waals surface area contributed by atoms with Crippen LogP contribution in [-0.2, 0) is 23.0 Å². The van der Waals surface area contributed by atoms with E-state index in [9.17, 15) is 8.42 Å². The number of fused-ring (bicyclic) bond motifs is 1. The van der Waals surface area contributed by atoms with Gasteiger partial charge in [-0.15, -0.1) is 0 Å². The van der Waals surface area contributed by atoms with E-state index in [4.69, 9.17) is 9.47 Å². The second kappa shape index (κ2) is 11.0. The molecular weight excluding hydrogens is 472 g/mol. The fourth-order valence-corrected chi connectivity index (χ4v) is 5.62.